The van der Waals surface area contributed by atoms with E-state index in [1.807, 2.05) is 12.4 Å². The average molecular weight is 311 g/mol. The Bertz CT molecular complexity index is 515. The van der Waals surface area contributed by atoms with Gasteiger partial charge in [0, 0.05) is 35.7 Å². The van der Waals surface area contributed by atoms with Crippen molar-refractivity contribution >= 4 is 36.7 Å². The van der Waals surface area contributed by atoms with Crippen molar-refractivity contribution < 1.29 is 0 Å². The molecule has 3 rings (SSSR count). The molecule has 0 bridgehead atoms. The molecule has 1 aromatic rings. The van der Waals surface area contributed by atoms with Crippen LogP contribution in [0.1, 0.15) is 43.2 Å². The van der Waals surface area contributed by atoms with E-state index >= 15 is 0 Å². The van der Waals surface area contributed by atoms with Gasteiger partial charge in [0.15, 0.2) is 0 Å². The summed E-state index contributed by atoms with van der Waals surface area (Å²) in [6, 6.07) is 8.45. The number of halogens is 2. The summed E-state index contributed by atoms with van der Waals surface area (Å²) < 4.78 is 0. The van der Waals surface area contributed by atoms with Gasteiger partial charge in [-0.3, -0.25) is 9.98 Å². The largest absolute Gasteiger partial charge is 0.262 e. The number of benzene rings is 1. The first kappa shape index (κ1) is 16.9. The molecule has 20 heavy (non-hydrogen) atoms. The second-order valence-electron chi connectivity index (χ2n) is 5.01. The van der Waals surface area contributed by atoms with E-state index in [0.29, 0.717) is 5.92 Å². The highest BCUT2D eigenvalue weighted by Crippen LogP contribution is 2.28. The van der Waals surface area contributed by atoms with Crippen LogP contribution in [0, 0.1) is 5.92 Å². The van der Waals surface area contributed by atoms with Crippen LogP contribution in [0.5, 0.6) is 0 Å². The molecule has 0 aromatic heterocycles. The number of hydrogen-bond acceptors (Lipinski definition) is 2. The first-order valence-electron chi connectivity index (χ1n) is 6.80. The molecule has 0 radical (unpaired) electrons. The van der Waals surface area contributed by atoms with Crippen LogP contribution in [0.4, 0.5) is 0 Å². The van der Waals surface area contributed by atoms with E-state index in [-0.39, 0.29) is 24.8 Å². The lowest BCUT2D eigenvalue weighted by atomic mass is 9.82. The monoisotopic (exact) mass is 310 g/mol. The quantitative estimate of drug-likeness (QED) is 0.711. The Labute approximate surface area is 132 Å². The number of aliphatic imine (C=N–C) groups is 2. The van der Waals surface area contributed by atoms with Gasteiger partial charge >= 0.3 is 0 Å². The van der Waals surface area contributed by atoms with Crippen LogP contribution < -0.4 is 0 Å². The van der Waals surface area contributed by atoms with E-state index in [4.69, 9.17) is 0 Å². The van der Waals surface area contributed by atoms with Gasteiger partial charge in [-0.25, -0.2) is 0 Å². The minimum Gasteiger partial charge on any atom is -0.262 e. The number of rotatable bonds is 1. The van der Waals surface area contributed by atoms with Crippen molar-refractivity contribution in [1.29, 1.82) is 0 Å². The van der Waals surface area contributed by atoms with E-state index < -0.39 is 0 Å². The van der Waals surface area contributed by atoms with E-state index in [1.54, 1.807) is 6.20 Å². The van der Waals surface area contributed by atoms with Gasteiger partial charge < -0.3 is 0 Å². The third kappa shape index (κ3) is 3.71. The zero-order valence-electron chi connectivity index (χ0n) is 11.4. The van der Waals surface area contributed by atoms with Crippen LogP contribution >= 0.6 is 24.8 Å². The summed E-state index contributed by atoms with van der Waals surface area (Å²) >= 11 is 0. The predicted octanol–water partition coefficient (Wildman–Crippen LogP) is 4.80. The molecule has 2 aliphatic rings. The molecular weight excluding hydrogens is 291 g/mol. The van der Waals surface area contributed by atoms with Crippen molar-refractivity contribution in [3.8, 4) is 0 Å². The summed E-state index contributed by atoms with van der Waals surface area (Å²) in [6.45, 7) is 0. The molecule has 0 amide bonds. The molecule has 1 aliphatic heterocycles. The molecule has 108 valence electrons. The highest BCUT2D eigenvalue weighted by Gasteiger charge is 2.21. The van der Waals surface area contributed by atoms with E-state index in [0.717, 1.165) is 0 Å². The predicted molar refractivity (Wildman–Crippen MR) is 90.8 cm³/mol. The summed E-state index contributed by atoms with van der Waals surface area (Å²) in [5.74, 6) is 0.621. The third-order valence-corrected chi connectivity index (χ3v) is 3.81. The minimum atomic E-state index is 0. The molecule has 1 fully saturated rings. The maximum absolute atomic E-state index is 4.67. The Morgan fingerprint density at radius 3 is 2.45 bits per heavy atom. The van der Waals surface area contributed by atoms with Crippen LogP contribution in [0.2, 0.25) is 0 Å². The summed E-state index contributed by atoms with van der Waals surface area (Å²) in [6.07, 6.45) is 12.1. The average Bonchev–Trinajstić information content (AvgIpc) is 2.41. The van der Waals surface area contributed by atoms with E-state index in [1.165, 1.54) is 48.9 Å². The maximum atomic E-state index is 4.67. The van der Waals surface area contributed by atoms with E-state index in [9.17, 15) is 0 Å². The minimum absolute atomic E-state index is 0. The Morgan fingerprint density at radius 2 is 1.65 bits per heavy atom. The molecule has 1 heterocycles. The highest BCUT2D eigenvalue weighted by molar-refractivity contribution is 6.08. The van der Waals surface area contributed by atoms with Gasteiger partial charge in [0.2, 0.25) is 0 Å². The van der Waals surface area contributed by atoms with Crippen molar-refractivity contribution in [1.82, 2.24) is 0 Å². The Hall–Kier alpha value is -1.12. The smallest absolute Gasteiger partial charge is 0.0513 e. The number of fused-ring (bicyclic) bond motifs is 1. The topological polar surface area (TPSA) is 24.7 Å². The van der Waals surface area contributed by atoms with Crippen molar-refractivity contribution in [2.24, 2.45) is 15.9 Å². The summed E-state index contributed by atoms with van der Waals surface area (Å²) in [5.41, 5.74) is 3.70. The van der Waals surface area contributed by atoms with Crippen molar-refractivity contribution in [2.75, 3.05) is 0 Å². The van der Waals surface area contributed by atoms with Gasteiger partial charge in [0.1, 0.15) is 0 Å². The summed E-state index contributed by atoms with van der Waals surface area (Å²) in [5, 5.41) is 0. The molecule has 0 saturated heterocycles. The molecule has 0 unspecified atom stereocenters. The summed E-state index contributed by atoms with van der Waals surface area (Å²) in [4.78, 5) is 8.91. The third-order valence-electron chi connectivity index (χ3n) is 3.81. The Kier molecular flexibility index (Phi) is 6.97. The van der Waals surface area contributed by atoms with Crippen LogP contribution in [0.3, 0.4) is 0 Å². The molecule has 1 aliphatic carbocycles. The van der Waals surface area contributed by atoms with Gasteiger partial charge in [0.25, 0.3) is 0 Å². The standard InChI is InChI=1S/C16H18N2.2ClH/c1-2-6-13(7-3-1)16-15-9-5-4-8-14(15)12-17-10-11-18-16;;/h4-5,8-13H,1-3,6-7H2;2*1H. The molecule has 0 atom stereocenters. The van der Waals surface area contributed by atoms with Gasteiger partial charge in [0.05, 0.1) is 5.71 Å². The maximum Gasteiger partial charge on any atom is 0.0513 e. The molecular formula is C16H20Cl2N2. The zero-order valence-corrected chi connectivity index (χ0v) is 13.0. The second kappa shape index (κ2) is 8.23. The fourth-order valence-electron chi connectivity index (χ4n) is 2.89. The lowest BCUT2D eigenvalue weighted by Gasteiger charge is -2.24. The molecule has 2 nitrogen and oxygen atoms in total. The van der Waals surface area contributed by atoms with Crippen LogP contribution in [0.25, 0.3) is 0 Å². The molecule has 4 heteroatoms. The second-order valence-corrected chi connectivity index (χ2v) is 5.01. The highest BCUT2D eigenvalue weighted by atomic mass is 35.5. The Balaban J connectivity index is 0.000001000. The lowest BCUT2D eigenvalue weighted by Crippen LogP contribution is -2.20. The molecule has 1 aromatic carbocycles. The van der Waals surface area contributed by atoms with Gasteiger partial charge in [-0.1, -0.05) is 43.5 Å². The fourth-order valence-corrected chi connectivity index (χ4v) is 2.89. The molecule has 1 saturated carbocycles. The SMILES string of the molecule is C1=CN=C(C2CCCCC2)c2ccccc2C=N1.Cl.Cl. The van der Waals surface area contributed by atoms with Crippen LogP contribution in [-0.2, 0) is 0 Å². The van der Waals surface area contributed by atoms with Crippen molar-refractivity contribution in [2.45, 2.75) is 32.1 Å². The normalized spacial score (nSPS) is 17.9. The first-order valence-corrected chi connectivity index (χ1v) is 6.80. The lowest BCUT2D eigenvalue weighted by molar-refractivity contribution is 0.440. The fraction of sp³-hybridized carbons (Fsp3) is 0.375. The Morgan fingerprint density at radius 1 is 0.900 bits per heavy atom. The van der Waals surface area contributed by atoms with Crippen LogP contribution in [0.15, 0.2) is 46.7 Å². The zero-order chi connectivity index (χ0) is 12.2. The summed E-state index contributed by atoms with van der Waals surface area (Å²) in [7, 11) is 0. The van der Waals surface area contributed by atoms with Gasteiger partial charge in [-0.2, -0.15) is 0 Å². The van der Waals surface area contributed by atoms with Gasteiger partial charge in [-0.15, -0.1) is 24.8 Å². The molecule has 0 spiro atoms. The van der Waals surface area contributed by atoms with Gasteiger partial charge in [-0.05, 0) is 12.8 Å². The van der Waals surface area contributed by atoms with Crippen LogP contribution in [-0.4, -0.2) is 11.9 Å². The number of nitrogens with zero attached hydrogens (tertiary/aromatic N) is 2. The van der Waals surface area contributed by atoms with Crippen molar-refractivity contribution in [3.05, 3.63) is 47.8 Å². The van der Waals surface area contributed by atoms with Crippen molar-refractivity contribution in [3.63, 3.8) is 0 Å². The first-order chi connectivity index (χ1) is 8.95. The number of hydrogen-bond donors (Lipinski definition) is 0. The molecule has 0 N–H and O–H groups in total. The van der Waals surface area contributed by atoms with E-state index in [2.05, 4.69) is 34.3 Å².